The fourth-order valence-electron chi connectivity index (χ4n) is 3.06. The van der Waals surface area contributed by atoms with E-state index in [1.165, 1.54) is 0 Å². The molecule has 2 aromatic carbocycles. The van der Waals surface area contributed by atoms with E-state index < -0.39 is 0 Å². The summed E-state index contributed by atoms with van der Waals surface area (Å²) in [5.41, 5.74) is 4.36. The molecule has 0 aliphatic heterocycles. The van der Waals surface area contributed by atoms with Gasteiger partial charge < -0.3 is 14.7 Å². The number of hydrogen-bond donors (Lipinski definition) is 2. The van der Waals surface area contributed by atoms with Gasteiger partial charge in [0, 0.05) is 39.1 Å². The fraction of sp³-hybridized carbons (Fsp3) is 0.105. The van der Waals surface area contributed by atoms with Crippen LogP contribution in [-0.4, -0.2) is 22.5 Å². The number of aromatic nitrogens is 2. The Bertz CT molecular complexity index is 1010. The van der Waals surface area contributed by atoms with E-state index in [-0.39, 0.29) is 5.97 Å². The van der Waals surface area contributed by atoms with E-state index in [0.29, 0.717) is 12.3 Å². The molecule has 4 aromatic rings. The second kappa shape index (κ2) is 5.32. The van der Waals surface area contributed by atoms with E-state index >= 15 is 0 Å². The van der Waals surface area contributed by atoms with Gasteiger partial charge in [-0.1, -0.05) is 36.4 Å². The second-order valence-electron chi connectivity index (χ2n) is 5.39. The largest absolute Gasteiger partial charge is 0.461 e. The van der Waals surface area contributed by atoms with Crippen molar-refractivity contribution in [3.05, 3.63) is 60.4 Å². The van der Waals surface area contributed by atoms with Gasteiger partial charge in [0.15, 0.2) is 0 Å². The molecule has 0 spiro atoms. The molecule has 114 valence electrons. The topological polar surface area (TPSA) is 57.9 Å². The first-order valence-corrected chi connectivity index (χ1v) is 7.64. The highest BCUT2D eigenvalue weighted by atomic mass is 16.5. The summed E-state index contributed by atoms with van der Waals surface area (Å²) in [5, 5.41) is 2.10. The molecular formula is C19H16N2O2. The molecule has 0 aliphatic rings. The highest BCUT2D eigenvalue weighted by molar-refractivity contribution is 6.12. The molecule has 0 fully saturated rings. The summed E-state index contributed by atoms with van der Waals surface area (Å²) in [4.78, 5) is 18.9. The quantitative estimate of drug-likeness (QED) is 0.548. The van der Waals surface area contributed by atoms with Gasteiger partial charge in [0.2, 0.25) is 0 Å². The van der Waals surface area contributed by atoms with Crippen LogP contribution in [0.3, 0.4) is 0 Å². The number of nitrogens with one attached hydrogen (secondary N) is 2. The SMILES string of the molecule is CCOC(=O)c1[nH]c2ccccc2c1-c1c[nH]c2ccccc12. The van der Waals surface area contributed by atoms with Crippen LogP contribution in [0.25, 0.3) is 32.9 Å². The van der Waals surface area contributed by atoms with E-state index in [1.54, 1.807) is 0 Å². The number of esters is 1. The Morgan fingerprint density at radius 1 is 1.00 bits per heavy atom. The first-order chi connectivity index (χ1) is 11.3. The maximum atomic E-state index is 12.4. The first-order valence-electron chi connectivity index (χ1n) is 7.64. The molecule has 2 N–H and O–H groups in total. The number of ether oxygens (including phenoxy) is 1. The minimum atomic E-state index is -0.330. The Morgan fingerprint density at radius 2 is 1.70 bits per heavy atom. The zero-order valence-electron chi connectivity index (χ0n) is 12.7. The Kier molecular flexibility index (Phi) is 3.15. The Labute approximate surface area is 133 Å². The van der Waals surface area contributed by atoms with Gasteiger partial charge in [-0.25, -0.2) is 4.79 Å². The van der Waals surface area contributed by atoms with Crippen molar-refractivity contribution >= 4 is 27.8 Å². The number of para-hydroxylation sites is 2. The van der Waals surface area contributed by atoms with E-state index in [9.17, 15) is 4.79 Å². The van der Waals surface area contributed by atoms with Gasteiger partial charge in [-0.2, -0.15) is 0 Å². The summed E-state index contributed by atoms with van der Waals surface area (Å²) in [7, 11) is 0. The maximum absolute atomic E-state index is 12.4. The minimum absolute atomic E-state index is 0.330. The lowest BCUT2D eigenvalue weighted by molar-refractivity contribution is 0.0521. The molecule has 4 rings (SSSR count). The summed E-state index contributed by atoms with van der Waals surface area (Å²) in [6.45, 7) is 2.16. The van der Waals surface area contributed by atoms with Crippen LogP contribution in [0.4, 0.5) is 0 Å². The number of benzene rings is 2. The molecule has 4 heteroatoms. The summed E-state index contributed by atoms with van der Waals surface area (Å²) >= 11 is 0. The van der Waals surface area contributed by atoms with Crippen LogP contribution in [0, 0.1) is 0 Å². The molecule has 0 aliphatic carbocycles. The number of rotatable bonds is 3. The van der Waals surface area contributed by atoms with E-state index in [2.05, 4.69) is 16.0 Å². The molecule has 2 heterocycles. The van der Waals surface area contributed by atoms with Gasteiger partial charge in [0.25, 0.3) is 0 Å². The first kappa shape index (κ1) is 13.6. The second-order valence-corrected chi connectivity index (χ2v) is 5.39. The van der Waals surface area contributed by atoms with Crippen LogP contribution in [0.2, 0.25) is 0 Å². The lowest BCUT2D eigenvalue weighted by Crippen LogP contribution is -2.06. The average molecular weight is 304 g/mol. The van der Waals surface area contributed by atoms with Gasteiger partial charge in [-0.3, -0.25) is 0 Å². The molecule has 4 nitrogen and oxygen atoms in total. The van der Waals surface area contributed by atoms with Gasteiger partial charge in [0.05, 0.1) is 6.61 Å². The van der Waals surface area contributed by atoms with Crippen LogP contribution >= 0.6 is 0 Å². The van der Waals surface area contributed by atoms with Crippen molar-refractivity contribution < 1.29 is 9.53 Å². The third-order valence-electron chi connectivity index (χ3n) is 4.04. The fourth-order valence-corrected chi connectivity index (χ4v) is 3.06. The Hall–Kier alpha value is -3.01. The van der Waals surface area contributed by atoms with Crippen molar-refractivity contribution in [2.45, 2.75) is 6.92 Å². The lowest BCUT2D eigenvalue weighted by atomic mass is 10.0. The van der Waals surface area contributed by atoms with Crippen molar-refractivity contribution in [2.24, 2.45) is 0 Å². The number of fused-ring (bicyclic) bond motifs is 2. The highest BCUT2D eigenvalue weighted by Gasteiger charge is 2.21. The van der Waals surface area contributed by atoms with Crippen molar-refractivity contribution in [3.63, 3.8) is 0 Å². The molecule has 0 atom stereocenters. The Morgan fingerprint density at radius 3 is 2.48 bits per heavy atom. The predicted molar refractivity (Wildman–Crippen MR) is 91.5 cm³/mol. The van der Waals surface area contributed by atoms with E-state index in [0.717, 1.165) is 32.9 Å². The van der Waals surface area contributed by atoms with Gasteiger partial charge in [0.1, 0.15) is 5.69 Å². The molecule has 0 bridgehead atoms. The van der Waals surface area contributed by atoms with Crippen LogP contribution < -0.4 is 0 Å². The molecule has 0 unspecified atom stereocenters. The van der Waals surface area contributed by atoms with Gasteiger partial charge in [-0.05, 0) is 19.1 Å². The number of carbonyl (C=O) groups excluding carboxylic acids is 1. The van der Waals surface area contributed by atoms with Crippen molar-refractivity contribution in [2.75, 3.05) is 6.61 Å². The van der Waals surface area contributed by atoms with Crippen LogP contribution in [0.5, 0.6) is 0 Å². The Balaban J connectivity index is 2.04. The third-order valence-corrected chi connectivity index (χ3v) is 4.04. The minimum Gasteiger partial charge on any atom is -0.461 e. The predicted octanol–water partition coefficient (Wildman–Crippen LogP) is 4.49. The third kappa shape index (κ3) is 2.11. The molecule has 0 saturated carbocycles. The number of carbonyl (C=O) groups is 1. The molecule has 23 heavy (non-hydrogen) atoms. The normalized spacial score (nSPS) is 11.2. The molecule has 0 radical (unpaired) electrons. The summed E-state index contributed by atoms with van der Waals surface area (Å²) in [6, 6.07) is 16.0. The smallest absolute Gasteiger partial charge is 0.355 e. The van der Waals surface area contributed by atoms with Crippen LogP contribution in [0.15, 0.2) is 54.7 Å². The highest BCUT2D eigenvalue weighted by Crippen LogP contribution is 2.37. The average Bonchev–Trinajstić information content (AvgIpc) is 3.15. The number of aromatic amines is 2. The summed E-state index contributed by atoms with van der Waals surface area (Å²) in [6.07, 6.45) is 1.95. The molecule has 0 saturated heterocycles. The maximum Gasteiger partial charge on any atom is 0.355 e. The van der Waals surface area contributed by atoms with Crippen LogP contribution in [0.1, 0.15) is 17.4 Å². The zero-order valence-corrected chi connectivity index (χ0v) is 12.7. The summed E-state index contributed by atoms with van der Waals surface area (Å²) < 4.78 is 5.23. The van der Waals surface area contributed by atoms with Gasteiger partial charge >= 0.3 is 5.97 Å². The van der Waals surface area contributed by atoms with E-state index in [1.807, 2.05) is 55.6 Å². The molecule has 0 amide bonds. The van der Waals surface area contributed by atoms with Crippen LogP contribution in [-0.2, 0) is 4.74 Å². The van der Waals surface area contributed by atoms with Crippen molar-refractivity contribution in [1.82, 2.24) is 9.97 Å². The van der Waals surface area contributed by atoms with Crippen molar-refractivity contribution in [1.29, 1.82) is 0 Å². The van der Waals surface area contributed by atoms with Crippen molar-refractivity contribution in [3.8, 4) is 11.1 Å². The van der Waals surface area contributed by atoms with Gasteiger partial charge in [-0.15, -0.1) is 0 Å². The number of H-pyrrole nitrogens is 2. The number of hydrogen-bond acceptors (Lipinski definition) is 2. The monoisotopic (exact) mass is 304 g/mol. The molecule has 2 aromatic heterocycles. The lowest BCUT2D eigenvalue weighted by Gasteiger charge is -2.04. The molecular weight excluding hydrogens is 288 g/mol. The zero-order chi connectivity index (χ0) is 15.8. The summed E-state index contributed by atoms with van der Waals surface area (Å²) in [5.74, 6) is -0.330. The van der Waals surface area contributed by atoms with E-state index in [4.69, 9.17) is 4.74 Å². The standard InChI is InChI=1S/C19H16N2O2/c1-2-23-19(22)18-17(13-8-4-6-10-16(13)21-18)14-11-20-15-9-5-3-7-12(14)15/h3-11,20-21H,2H2,1H3.